The van der Waals surface area contributed by atoms with Gasteiger partial charge in [-0.2, -0.15) is 5.26 Å². The molecule has 0 aliphatic carbocycles. The predicted octanol–water partition coefficient (Wildman–Crippen LogP) is 3.52. The number of ether oxygens (including phenoxy) is 1. The van der Waals surface area contributed by atoms with Crippen molar-refractivity contribution < 1.29 is 9.26 Å². The van der Waals surface area contributed by atoms with Gasteiger partial charge in [-0.25, -0.2) is 0 Å². The second-order valence-electron chi connectivity index (χ2n) is 4.69. The van der Waals surface area contributed by atoms with Crippen molar-refractivity contribution >= 4 is 0 Å². The number of benzene rings is 1. The fourth-order valence-electron chi connectivity index (χ4n) is 1.76. The normalized spacial score (nSPS) is 12.1. The van der Waals surface area contributed by atoms with E-state index >= 15 is 0 Å². The standard InChI is InChI=1S/C15H16N2O2/c1-11(2)13(9-16)14-8-15(17-19-14)18-10-12-6-4-3-5-7-12/h3-8,11,13H,10H2,1-2H3. The Hall–Kier alpha value is -2.28. The SMILES string of the molecule is CC(C)C(C#N)c1cc(OCc2ccccc2)no1. The predicted molar refractivity (Wildman–Crippen MR) is 70.5 cm³/mol. The highest BCUT2D eigenvalue weighted by Gasteiger charge is 2.20. The lowest BCUT2D eigenvalue weighted by atomic mass is 9.95. The molecule has 0 bridgehead atoms. The van der Waals surface area contributed by atoms with Crippen molar-refractivity contribution in [3.63, 3.8) is 0 Å². The van der Waals surface area contributed by atoms with Crippen LogP contribution in [0.3, 0.4) is 0 Å². The molecule has 98 valence electrons. The molecule has 0 saturated heterocycles. The highest BCUT2D eigenvalue weighted by atomic mass is 16.5. The molecule has 0 saturated carbocycles. The molecular weight excluding hydrogens is 240 g/mol. The van der Waals surface area contributed by atoms with Gasteiger partial charge < -0.3 is 9.26 Å². The zero-order valence-corrected chi connectivity index (χ0v) is 11.0. The minimum absolute atomic E-state index is 0.180. The second-order valence-corrected chi connectivity index (χ2v) is 4.69. The molecule has 0 radical (unpaired) electrons. The van der Waals surface area contributed by atoms with Crippen molar-refractivity contribution in [3.05, 3.63) is 47.7 Å². The van der Waals surface area contributed by atoms with Crippen LogP contribution in [0.5, 0.6) is 5.88 Å². The van der Waals surface area contributed by atoms with Gasteiger partial charge in [-0.1, -0.05) is 44.2 Å². The molecule has 1 heterocycles. The molecule has 4 nitrogen and oxygen atoms in total. The van der Waals surface area contributed by atoms with Crippen LogP contribution in [0.4, 0.5) is 0 Å². The van der Waals surface area contributed by atoms with Crippen LogP contribution in [0.25, 0.3) is 0 Å². The van der Waals surface area contributed by atoms with E-state index in [4.69, 9.17) is 14.5 Å². The number of hydrogen-bond donors (Lipinski definition) is 0. The molecule has 0 spiro atoms. The molecule has 2 aromatic rings. The number of aromatic nitrogens is 1. The van der Waals surface area contributed by atoms with Gasteiger partial charge in [0.1, 0.15) is 12.5 Å². The van der Waals surface area contributed by atoms with Crippen LogP contribution in [0.15, 0.2) is 40.9 Å². The molecule has 1 unspecified atom stereocenters. The van der Waals surface area contributed by atoms with Crippen LogP contribution in [0, 0.1) is 17.2 Å². The highest BCUT2D eigenvalue weighted by molar-refractivity contribution is 5.21. The monoisotopic (exact) mass is 256 g/mol. The summed E-state index contributed by atoms with van der Waals surface area (Å²) in [6, 6.07) is 13.7. The van der Waals surface area contributed by atoms with Crippen molar-refractivity contribution in [1.82, 2.24) is 5.16 Å². The third-order valence-corrected chi connectivity index (χ3v) is 2.85. The lowest BCUT2D eigenvalue weighted by Gasteiger charge is -2.07. The fourth-order valence-corrected chi connectivity index (χ4v) is 1.76. The lowest BCUT2D eigenvalue weighted by Crippen LogP contribution is -2.02. The summed E-state index contributed by atoms with van der Waals surface area (Å²) < 4.78 is 10.7. The largest absolute Gasteiger partial charge is 0.471 e. The average molecular weight is 256 g/mol. The van der Waals surface area contributed by atoms with Gasteiger partial charge in [0.15, 0.2) is 5.76 Å². The van der Waals surface area contributed by atoms with Gasteiger partial charge in [0, 0.05) is 6.07 Å². The lowest BCUT2D eigenvalue weighted by molar-refractivity contribution is 0.263. The topological polar surface area (TPSA) is 59.0 Å². The maximum Gasteiger partial charge on any atom is 0.254 e. The van der Waals surface area contributed by atoms with Gasteiger partial charge in [-0.3, -0.25) is 0 Å². The van der Waals surface area contributed by atoms with Crippen molar-refractivity contribution in [1.29, 1.82) is 5.26 Å². The highest BCUT2D eigenvalue weighted by Crippen LogP contribution is 2.26. The first-order valence-electron chi connectivity index (χ1n) is 6.23. The van der Waals surface area contributed by atoms with Gasteiger partial charge >= 0.3 is 0 Å². The van der Waals surface area contributed by atoms with Gasteiger partial charge in [-0.15, -0.1) is 0 Å². The van der Waals surface area contributed by atoms with Gasteiger partial charge in [0.2, 0.25) is 0 Å². The molecule has 0 amide bonds. The van der Waals surface area contributed by atoms with E-state index in [1.807, 2.05) is 44.2 Å². The fraction of sp³-hybridized carbons (Fsp3) is 0.333. The van der Waals surface area contributed by atoms with E-state index in [1.54, 1.807) is 6.07 Å². The molecule has 1 aromatic heterocycles. The van der Waals surface area contributed by atoms with E-state index in [0.29, 0.717) is 18.2 Å². The summed E-state index contributed by atoms with van der Waals surface area (Å²) in [5, 5.41) is 12.9. The Labute approximate surface area is 112 Å². The van der Waals surface area contributed by atoms with Crippen molar-refractivity contribution in [2.45, 2.75) is 26.4 Å². The Morgan fingerprint density at radius 2 is 2.05 bits per heavy atom. The molecule has 0 aliphatic heterocycles. The Morgan fingerprint density at radius 1 is 1.32 bits per heavy atom. The number of rotatable bonds is 5. The van der Waals surface area contributed by atoms with Crippen LogP contribution in [-0.2, 0) is 6.61 Å². The first-order valence-corrected chi connectivity index (χ1v) is 6.23. The Bertz CT molecular complexity index is 555. The Kier molecular flexibility index (Phi) is 4.19. The zero-order chi connectivity index (χ0) is 13.7. The molecule has 0 N–H and O–H groups in total. The summed E-state index contributed by atoms with van der Waals surface area (Å²) in [4.78, 5) is 0. The molecule has 4 heteroatoms. The van der Waals surface area contributed by atoms with E-state index < -0.39 is 0 Å². The quantitative estimate of drug-likeness (QED) is 0.821. The van der Waals surface area contributed by atoms with Gasteiger partial charge in [0.05, 0.1) is 6.07 Å². The summed E-state index contributed by atoms with van der Waals surface area (Å²) in [5.74, 6) is 0.863. The van der Waals surface area contributed by atoms with Crippen LogP contribution in [0.1, 0.15) is 31.1 Å². The van der Waals surface area contributed by atoms with Gasteiger partial charge in [0.25, 0.3) is 5.88 Å². The molecule has 1 atom stereocenters. The summed E-state index contributed by atoms with van der Waals surface area (Å²) in [5.41, 5.74) is 1.06. The van der Waals surface area contributed by atoms with Crippen molar-refractivity contribution in [2.24, 2.45) is 5.92 Å². The third-order valence-electron chi connectivity index (χ3n) is 2.85. The van der Waals surface area contributed by atoms with Crippen molar-refractivity contribution in [2.75, 3.05) is 0 Å². The molecule has 2 rings (SSSR count). The van der Waals surface area contributed by atoms with E-state index in [-0.39, 0.29) is 11.8 Å². The average Bonchev–Trinajstić information content (AvgIpc) is 2.87. The first kappa shape index (κ1) is 13.2. The van der Waals surface area contributed by atoms with Crippen LogP contribution in [0.2, 0.25) is 0 Å². The summed E-state index contributed by atoms with van der Waals surface area (Å²) in [6.07, 6.45) is 0. The molecular formula is C15H16N2O2. The molecule has 0 aliphatic rings. The molecule has 0 fully saturated rings. The van der Waals surface area contributed by atoms with E-state index in [2.05, 4.69) is 11.2 Å². The summed E-state index contributed by atoms with van der Waals surface area (Å²) >= 11 is 0. The molecule has 1 aromatic carbocycles. The van der Waals surface area contributed by atoms with Gasteiger partial charge in [-0.05, 0) is 16.6 Å². The maximum atomic E-state index is 9.09. The van der Waals surface area contributed by atoms with Crippen LogP contribution in [-0.4, -0.2) is 5.16 Å². The summed E-state index contributed by atoms with van der Waals surface area (Å²) in [6.45, 7) is 4.38. The Morgan fingerprint density at radius 3 is 2.68 bits per heavy atom. The van der Waals surface area contributed by atoms with E-state index in [9.17, 15) is 0 Å². The second kappa shape index (κ2) is 6.05. The van der Waals surface area contributed by atoms with E-state index in [0.717, 1.165) is 5.56 Å². The zero-order valence-electron chi connectivity index (χ0n) is 11.0. The number of hydrogen-bond acceptors (Lipinski definition) is 4. The number of nitrogens with zero attached hydrogens (tertiary/aromatic N) is 2. The maximum absolute atomic E-state index is 9.09. The summed E-state index contributed by atoms with van der Waals surface area (Å²) in [7, 11) is 0. The van der Waals surface area contributed by atoms with E-state index in [1.165, 1.54) is 0 Å². The molecule has 19 heavy (non-hydrogen) atoms. The van der Waals surface area contributed by atoms with Crippen LogP contribution < -0.4 is 4.74 Å². The van der Waals surface area contributed by atoms with Crippen LogP contribution >= 0.6 is 0 Å². The first-order chi connectivity index (χ1) is 9.20. The minimum atomic E-state index is -0.290. The number of nitriles is 1. The third kappa shape index (κ3) is 3.35. The Balaban J connectivity index is 2.00. The minimum Gasteiger partial charge on any atom is -0.471 e. The van der Waals surface area contributed by atoms with Crippen molar-refractivity contribution in [3.8, 4) is 11.9 Å². The smallest absolute Gasteiger partial charge is 0.254 e.